The first-order valence-corrected chi connectivity index (χ1v) is 7.58. The fraction of sp³-hybridized carbons (Fsp3) is 0.625. The van der Waals surface area contributed by atoms with Gasteiger partial charge < -0.3 is 9.80 Å². The van der Waals surface area contributed by atoms with Gasteiger partial charge in [0.2, 0.25) is 5.91 Å². The Morgan fingerprint density at radius 3 is 2.90 bits per heavy atom. The fourth-order valence-corrected chi connectivity index (χ4v) is 2.98. The van der Waals surface area contributed by atoms with Crippen molar-refractivity contribution in [1.29, 1.82) is 0 Å². The number of likely N-dealkylation sites (tertiary alicyclic amines) is 1. The third-order valence-electron chi connectivity index (χ3n) is 4.35. The van der Waals surface area contributed by atoms with E-state index in [0.717, 1.165) is 31.6 Å². The van der Waals surface area contributed by atoms with Crippen LogP contribution in [0, 0.1) is 5.92 Å². The van der Waals surface area contributed by atoms with Crippen LogP contribution >= 0.6 is 0 Å². The van der Waals surface area contributed by atoms with Crippen molar-refractivity contribution in [2.45, 2.75) is 38.1 Å². The molecule has 20 heavy (non-hydrogen) atoms. The van der Waals surface area contributed by atoms with Crippen molar-refractivity contribution in [1.82, 2.24) is 9.88 Å². The van der Waals surface area contributed by atoms with Crippen LogP contribution in [0.15, 0.2) is 18.3 Å². The Labute approximate surface area is 120 Å². The quantitative estimate of drug-likeness (QED) is 0.846. The predicted octanol–water partition coefficient (Wildman–Crippen LogP) is 2.61. The molecule has 1 aliphatic carbocycles. The van der Waals surface area contributed by atoms with E-state index in [1.807, 2.05) is 25.2 Å². The highest BCUT2D eigenvalue weighted by Gasteiger charge is 2.33. The number of amides is 1. The summed E-state index contributed by atoms with van der Waals surface area (Å²) < 4.78 is 0. The fourth-order valence-electron chi connectivity index (χ4n) is 2.98. The highest BCUT2D eigenvalue weighted by Crippen LogP contribution is 2.37. The van der Waals surface area contributed by atoms with Gasteiger partial charge in [-0.05, 0) is 49.3 Å². The predicted molar refractivity (Wildman–Crippen MR) is 79.6 cm³/mol. The molecule has 1 atom stereocenters. The van der Waals surface area contributed by atoms with Gasteiger partial charge in [-0.1, -0.05) is 0 Å². The van der Waals surface area contributed by atoms with Crippen LogP contribution in [0.4, 0.5) is 5.82 Å². The standard InChI is InChI=1S/C16H23N3O/c1-18(2)15-11-13(7-8-17-15)14-4-3-9-19(14)16(20)10-12-5-6-12/h7-8,11-12,14H,3-6,9-10H2,1-2H3/t14-/m0/s1. The van der Waals surface area contributed by atoms with E-state index in [1.54, 1.807) is 0 Å². The SMILES string of the molecule is CN(C)c1cc([C@@H]2CCCN2C(=O)CC2CC2)ccn1. The Hall–Kier alpha value is -1.58. The molecule has 0 bridgehead atoms. The summed E-state index contributed by atoms with van der Waals surface area (Å²) in [6.45, 7) is 0.913. The normalized spacial score (nSPS) is 22.1. The van der Waals surface area contributed by atoms with Gasteiger partial charge >= 0.3 is 0 Å². The molecule has 2 heterocycles. The van der Waals surface area contributed by atoms with Gasteiger partial charge in [0.05, 0.1) is 6.04 Å². The first-order chi connectivity index (χ1) is 9.65. The summed E-state index contributed by atoms with van der Waals surface area (Å²) in [5.41, 5.74) is 1.23. The lowest BCUT2D eigenvalue weighted by Gasteiger charge is -2.26. The van der Waals surface area contributed by atoms with Gasteiger partial charge in [-0.25, -0.2) is 4.98 Å². The molecule has 1 aromatic heterocycles. The number of anilines is 1. The number of hydrogen-bond donors (Lipinski definition) is 0. The highest BCUT2D eigenvalue weighted by molar-refractivity contribution is 5.77. The zero-order chi connectivity index (χ0) is 14.1. The van der Waals surface area contributed by atoms with Gasteiger partial charge in [0.25, 0.3) is 0 Å². The maximum absolute atomic E-state index is 12.4. The largest absolute Gasteiger partial charge is 0.363 e. The zero-order valence-corrected chi connectivity index (χ0v) is 12.4. The number of rotatable bonds is 4. The second-order valence-electron chi connectivity index (χ2n) is 6.23. The van der Waals surface area contributed by atoms with Crippen LogP contribution in [0.3, 0.4) is 0 Å². The maximum atomic E-state index is 12.4. The molecule has 1 aliphatic heterocycles. The van der Waals surface area contributed by atoms with Crippen LogP contribution in [0.5, 0.6) is 0 Å². The van der Waals surface area contributed by atoms with Gasteiger partial charge in [0.15, 0.2) is 0 Å². The van der Waals surface area contributed by atoms with E-state index in [0.29, 0.717) is 11.8 Å². The summed E-state index contributed by atoms with van der Waals surface area (Å²) in [4.78, 5) is 20.9. The molecular weight excluding hydrogens is 250 g/mol. The van der Waals surface area contributed by atoms with Gasteiger partial charge in [-0.2, -0.15) is 0 Å². The molecule has 1 aromatic rings. The van der Waals surface area contributed by atoms with E-state index >= 15 is 0 Å². The summed E-state index contributed by atoms with van der Waals surface area (Å²) in [6, 6.07) is 4.43. The minimum Gasteiger partial charge on any atom is -0.363 e. The average Bonchev–Trinajstić information content (AvgIpc) is 3.11. The Kier molecular flexibility index (Phi) is 3.64. The Balaban J connectivity index is 1.77. The van der Waals surface area contributed by atoms with Gasteiger partial charge in [-0.15, -0.1) is 0 Å². The summed E-state index contributed by atoms with van der Waals surface area (Å²) in [7, 11) is 3.99. The van der Waals surface area contributed by atoms with E-state index < -0.39 is 0 Å². The van der Waals surface area contributed by atoms with Crippen molar-refractivity contribution in [2.24, 2.45) is 5.92 Å². The molecule has 0 spiro atoms. The highest BCUT2D eigenvalue weighted by atomic mass is 16.2. The minimum absolute atomic E-state index is 0.253. The molecule has 4 nitrogen and oxygen atoms in total. The minimum atomic E-state index is 0.253. The molecule has 1 amide bonds. The molecule has 0 radical (unpaired) electrons. The van der Waals surface area contributed by atoms with Gasteiger partial charge in [0, 0.05) is 33.3 Å². The van der Waals surface area contributed by atoms with Crippen molar-refractivity contribution in [2.75, 3.05) is 25.5 Å². The van der Waals surface area contributed by atoms with Crippen LogP contribution in [0.2, 0.25) is 0 Å². The number of carbonyl (C=O) groups is 1. The number of nitrogens with zero attached hydrogens (tertiary/aromatic N) is 3. The molecule has 1 saturated carbocycles. The monoisotopic (exact) mass is 273 g/mol. The smallest absolute Gasteiger partial charge is 0.223 e. The van der Waals surface area contributed by atoms with Crippen LogP contribution in [0.1, 0.15) is 43.7 Å². The molecule has 4 heteroatoms. The summed E-state index contributed by atoms with van der Waals surface area (Å²) in [5, 5.41) is 0. The van der Waals surface area contributed by atoms with Crippen LogP contribution in [-0.4, -0.2) is 36.4 Å². The Bertz CT molecular complexity index is 496. The van der Waals surface area contributed by atoms with Crippen molar-refractivity contribution < 1.29 is 4.79 Å². The van der Waals surface area contributed by atoms with Crippen molar-refractivity contribution in [3.8, 4) is 0 Å². The van der Waals surface area contributed by atoms with Crippen LogP contribution < -0.4 is 4.90 Å². The lowest BCUT2D eigenvalue weighted by atomic mass is 10.1. The zero-order valence-electron chi connectivity index (χ0n) is 12.4. The van der Waals surface area contributed by atoms with Crippen molar-refractivity contribution in [3.05, 3.63) is 23.9 Å². The Morgan fingerprint density at radius 2 is 2.20 bits per heavy atom. The van der Waals surface area contributed by atoms with Crippen LogP contribution in [0.25, 0.3) is 0 Å². The van der Waals surface area contributed by atoms with E-state index in [4.69, 9.17) is 0 Å². The molecule has 3 rings (SSSR count). The van der Waals surface area contributed by atoms with Gasteiger partial charge in [0.1, 0.15) is 5.82 Å². The molecule has 0 N–H and O–H groups in total. The number of carbonyl (C=O) groups excluding carboxylic acids is 1. The van der Waals surface area contributed by atoms with Crippen LogP contribution in [-0.2, 0) is 4.79 Å². The number of aromatic nitrogens is 1. The lowest BCUT2D eigenvalue weighted by Crippen LogP contribution is -2.30. The first kappa shape index (κ1) is 13.4. The second-order valence-corrected chi connectivity index (χ2v) is 6.23. The molecule has 2 fully saturated rings. The molecule has 2 aliphatic rings. The third kappa shape index (κ3) is 2.79. The third-order valence-corrected chi connectivity index (χ3v) is 4.35. The topological polar surface area (TPSA) is 36.4 Å². The maximum Gasteiger partial charge on any atom is 0.223 e. The average molecular weight is 273 g/mol. The second kappa shape index (κ2) is 5.43. The van der Waals surface area contributed by atoms with E-state index in [-0.39, 0.29) is 6.04 Å². The summed E-state index contributed by atoms with van der Waals surface area (Å²) >= 11 is 0. The van der Waals surface area contributed by atoms with E-state index in [1.165, 1.54) is 18.4 Å². The first-order valence-electron chi connectivity index (χ1n) is 7.58. The van der Waals surface area contributed by atoms with E-state index in [9.17, 15) is 4.79 Å². The Morgan fingerprint density at radius 1 is 1.40 bits per heavy atom. The molecule has 108 valence electrons. The van der Waals surface area contributed by atoms with E-state index in [2.05, 4.69) is 22.0 Å². The van der Waals surface area contributed by atoms with Gasteiger partial charge in [-0.3, -0.25) is 4.79 Å². The summed E-state index contributed by atoms with van der Waals surface area (Å²) in [6.07, 6.45) is 7.27. The molecule has 0 aromatic carbocycles. The molecule has 0 unspecified atom stereocenters. The molecular formula is C16H23N3O. The lowest BCUT2D eigenvalue weighted by molar-refractivity contribution is -0.132. The van der Waals surface area contributed by atoms with Crippen molar-refractivity contribution in [3.63, 3.8) is 0 Å². The molecule has 1 saturated heterocycles. The number of hydrogen-bond acceptors (Lipinski definition) is 3. The number of pyridine rings is 1. The summed E-state index contributed by atoms with van der Waals surface area (Å²) in [5.74, 6) is 1.97. The van der Waals surface area contributed by atoms with Crippen molar-refractivity contribution >= 4 is 11.7 Å².